The van der Waals surface area contributed by atoms with Gasteiger partial charge in [-0.25, -0.2) is 15.0 Å². The van der Waals surface area contributed by atoms with Crippen molar-refractivity contribution in [2.45, 2.75) is 50.0 Å². The highest BCUT2D eigenvalue weighted by Gasteiger charge is 2.35. The molecule has 0 saturated carbocycles. The van der Waals surface area contributed by atoms with Crippen molar-refractivity contribution in [2.75, 3.05) is 11.9 Å². The molecular formula is C19H22N6O4. The van der Waals surface area contributed by atoms with Crippen molar-refractivity contribution in [3.63, 3.8) is 0 Å². The SMILES string of the molecule is OC[C@H]1O[C@@H](n2cnc3c(NC4CCC(c5cccnc5)O4)ncnc32)C[C@@H]1O. The van der Waals surface area contributed by atoms with E-state index in [2.05, 4.69) is 25.3 Å². The maximum absolute atomic E-state index is 10.0. The van der Waals surface area contributed by atoms with E-state index in [-0.39, 0.29) is 18.9 Å². The Morgan fingerprint density at radius 3 is 2.93 bits per heavy atom. The van der Waals surface area contributed by atoms with Gasteiger partial charge in [0.1, 0.15) is 24.9 Å². The molecule has 0 bridgehead atoms. The molecule has 0 aliphatic carbocycles. The lowest BCUT2D eigenvalue weighted by atomic mass is 10.1. The first-order valence-electron chi connectivity index (χ1n) is 9.66. The van der Waals surface area contributed by atoms with Crippen LogP contribution in [0.5, 0.6) is 0 Å². The molecule has 10 heteroatoms. The highest BCUT2D eigenvalue weighted by Crippen LogP contribution is 2.34. The van der Waals surface area contributed by atoms with Crippen molar-refractivity contribution in [1.29, 1.82) is 0 Å². The minimum absolute atomic E-state index is 0.000114. The summed E-state index contributed by atoms with van der Waals surface area (Å²) in [6.07, 6.45) is 6.80. The molecule has 2 aliphatic rings. The molecule has 2 saturated heterocycles. The van der Waals surface area contributed by atoms with E-state index in [1.807, 2.05) is 18.3 Å². The molecule has 3 aromatic heterocycles. The van der Waals surface area contributed by atoms with Gasteiger partial charge in [0.05, 0.1) is 25.1 Å². The predicted octanol–water partition coefficient (Wildman–Crippen LogP) is 1.15. The quantitative estimate of drug-likeness (QED) is 0.580. The molecular weight excluding hydrogens is 376 g/mol. The van der Waals surface area contributed by atoms with Gasteiger partial charge in [-0.15, -0.1) is 0 Å². The van der Waals surface area contributed by atoms with Crippen molar-refractivity contribution in [2.24, 2.45) is 0 Å². The molecule has 3 N–H and O–H groups in total. The van der Waals surface area contributed by atoms with Crippen molar-refractivity contribution in [3.05, 3.63) is 42.7 Å². The normalized spacial score (nSPS) is 29.5. The Balaban J connectivity index is 1.34. The molecule has 29 heavy (non-hydrogen) atoms. The standard InChI is InChI=1S/C19H22N6O4/c26-8-14-12(27)6-16(29-14)25-10-23-17-18(21-9-22-19(17)25)24-15-4-3-13(28-15)11-2-1-5-20-7-11/h1-2,5,7,9-10,12-16,26-27H,3-4,6,8H2,(H,21,22,24)/t12-,13?,14+,15?,16+/m0/s1. The number of imidazole rings is 1. The van der Waals surface area contributed by atoms with E-state index in [1.165, 1.54) is 6.33 Å². The number of hydrogen-bond acceptors (Lipinski definition) is 9. The molecule has 2 fully saturated rings. The maximum Gasteiger partial charge on any atom is 0.167 e. The smallest absolute Gasteiger partial charge is 0.167 e. The number of aliphatic hydroxyl groups excluding tert-OH is 2. The molecule has 3 aromatic rings. The van der Waals surface area contributed by atoms with Gasteiger partial charge in [0.15, 0.2) is 17.0 Å². The highest BCUT2D eigenvalue weighted by atomic mass is 16.5. The molecule has 5 atom stereocenters. The van der Waals surface area contributed by atoms with Gasteiger partial charge < -0.3 is 25.0 Å². The Labute approximate surface area is 166 Å². The van der Waals surface area contributed by atoms with Crippen LogP contribution in [-0.2, 0) is 9.47 Å². The van der Waals surface area contributed by atoms with Crippen LogP contribution in [-0.4, -0.2) is 59.8 Å². The van der Waals surface area contributed by atoms with E-state index in [0.29, 0.717) is 23.4 Å². The largest absolute Gasteiger partial charge is 0.394 e. The van der Waals surface area contributed by atoms with Gasteiger partial charge >= 0.3 is 0 Å². The van der Waals surface area contributed by atoms with Crippen molar-refractivity contribution in [3.8, 4) is 0 Å². The third-order valence-corrected chi connectivity index (χ3v) is 5.43. The van der Waals surface area contributed by atoms with Gasteiger partial charge in [-0.3, -0.25) is 9.55 Å². The molecule has 2 unspecified atom stereocenters. The number of hydrogen-bond donors (Lipinski definition) is 3. The lowest BCUT2D eigenvalue weighted by Gasteiger charge is -2.16. The first kappa shape index (κ1) is 18.4. The summed E-state index contributed by atoms with van der Waals surface area (Å²) in [6, 6.07) is 3.92. The monoisotopic (exact) mass is 398 g/mol. The third-order valence-electron chi connectivity index (χ3n) is 5.43. The number of anilines is 1. The Morgan fingerprint density at radius 1 is 1.21 bits per heavy atom. The second-order valence-electron chi connectivity index (χ2n) is 7.28. The summed E-state index contributed by atoms with van der Waals surface area (Å²) in [6.45, 7) is -0.233. The molecule has 152 valence electrons. The number of aliphatic hydroxyl groups is 2. The number of pyridine rings is 1. The number of ether oxygens (including phenoxy) is 2. The van der Waals surface area contributed by atoms with Gasteiger partial charge in [-0.05, 0) is 24.5 Å². The van der Waals surface area contributed by atoms with E-state index >= 15 is 0 Å². The Morgan fingerprint density at radius 2 is 2.14 bits per heavy atom. The Bertz CT molecular complexity index is 983. The zero-order valence-electron chi connectivity index (χ0n) is 15.6. The summed E-state index contributed by atoms with van der Waals surface area (Å²) in [4.78, 5) is 17.3. The first-order valence-corrected chi connectivity index (χ1v) is 9.66. The average Bonchev–Trinajstić information content (AvgIpc) is 3.47. The minimum atomic E-state index is -0.724. The van der Waals surface area contributed by atoms with Gasteiger partial charge in [-0.1, -0.05) is 6.07 Å². The molecule has 10 nitrogen and oxygen atoms in total. The number of fused-ring (bicyclic) bond motifs is 1. The molecule has 2 aliphatic heterocycles. The number of aromatic nitrogens is 5. The first-order chi connectivity index (χ1) is 14.2. The van der Waals surface area contributed by atoms with Crippen LogP contribution in [0.25, 0.3) is 11.2 Å². The molecule has 5 heterocycles. The summed E-state index contributed by atoms with van der Waals surface area (Å²) < 4.78 is 13.6. The van der Waals surface area contributed by atoms with Crippen LogP contribution >= 0.6 is 0 Å². The van der Waals surface area contributed by atoms with Crippen molar-refractivity contribution >= 4 is 17.0 Å². The van der Waals surface area contributed by atoms with Crippen LogP contribution in [0.2, 0.25) is 0 Å². The summed E-state index contributed by atoms with van der Waals surface area (Å²) in [7, 11) is 0. The fourth-order valence-electron chi connectivity index (χ4n) is 3.93. The molecule has 0 spiro atoms. The predicted molar refractivity (Wildman–Crippen MR) is 102 cm³/mol. The topological polar surface area (TPSA) is 127 Å². The number of rotatable bonds is 5. The number of nitrogens with one attached hydrogen (secondary N) is 1. The molecule has 0 amide bonds. The third kappa shape index (κ3) is 3.44. The Hall–Kier alpha value is -2.66. The molecule has 0 radical (unpaired) electrons. The van der Waals surface area contributed by atoms with Crippen LogP contribution in [0.4, 0.5) is 5.82 Å². The van der Waals surface area contributed by atoms with E-state index in [4.69, 9.17) is 9.47 Å². The van der Waals surface area contributed by atoms with Crippen LogP contribution in [0.3, 0.4) is 0 Å². The van der Waals surface area contributed by atoms with Gasteiger partial charge in [-0.2, -0.15) is 0 Å². The van der Waals surface area contributed by atoms with Crippen LogP contribution in [0.15, 0.2) is 37.2 Å². The van der Waals surface area contributed by atoms with E-state index in [1.54, 1.807) is 17.1 Å². The second-order valence-corrected chi connectivity index (χ2v) is 7.28. The van der Waals surface area contributed by atoms with Gasteiger partial charge in [0.25, 0.3) is 0 Å². The van der Waals surface area contributed by atoms with Gasteiger partial charge in [0.2, 0.25) is 0 Å². The number of nitrogens with zero attached hydrogens (tertiary/aromatic N) is 5. The highest BCUT2D eigenvalue weighted by molar-refractivity contribution is 5.82. The van der Waals surface area contributed by atoms with E-state index in [9.17, 15) is 10.2 Å². The second kappa shape index (κ2) is 7.64. The fourth-order valence-corrected chi connectivity index (χ4v) is 3.93. The zero-order chi connectivity index (χ0) is 19.8. The van der Waals surface area contributed by atoms with Crippen LogP contribution in [0.1, 0.15) is 37.2 Å². The molecule has 0 aromatic carbocycles. The average molecular weight is 398 g/mol. The van der Waals surface area contributed by atoms with E-state index in [0.717, 1.165) is 18.4 Å². The summed E-state index contributed by atoms with van der Waals surface area (Å²) in [5.41, 5.74) is 2.26. The summed E-state index contributed by atoms with van der Waals surface area (Å²) >= 11 is 0. The Kier molecular flexibility index (Phi) is 4.84. The van der Waals surface area contributed by atoms with Crippen molar-refractivity contribution in [1.82, 2.24) is 24.5 Å². The summed E-state index contributed by atoms with van der Waals surface area (Å²) in [5, 5.41) is 22.6. The van der Waals surface area contributed by atoms with Crippen LogP contribution < -0.4 is 5.32 Å². The van der Waals surface area contributed by atoms with Gasteiger partial charge in [0, 0.05) is 18.8 Å². The maximum atomic E-state index is 10.0. The molecule has 5 rings (SSSR count). The summed E-state index contributed by atoms with van der Waals surface area (Å²) in [5.74, 6) is 0.586. The zero-order valence-corrected chi connectivity index (χ0v) is 15.6. The fraction of sp³-hybridized carbons (Fsp3) is 0.474. The lowest BCUT2D eigenvalue weighted by molar-refractivity contribution is -0.0432. The minimum Gasteiger partial charge on any atom is -0.394 e. The lowest BCUT2D eigenvalue weighted by Crippen LogP contribution is -2.24. The van der Waals surface area contributed by atoms with Crippen LogP contribution in [0, 0.1) is 0 Å². The van der Waals surface area contributed by atoms with Crippen molar-refractivity contribution < 1.29 is 19.7 Å². The van der Waals surface area contributed by atoms with E-state index < -0.39 is 18.4 Å².